The molecule has 4 aromatic rings. The highest BCUT2D eigenvalue weighted by Gasteiger charge is 2.07. The van der Waals surface area contributed by atoms with Gasteiger partial charge in [0.25, 0.3) is 0 Å². The molecule has 28 heavy (non-hydrogen) atoms. The fourth-order valence-electron chi connectivity index (χ4n) is 3.30. The van der Waals surface area contributed by atoms with Gasteiger partial charge in [0.15, 0.2) is 0 Å². The summed E-state index contributed by atoms with van der Waals surface area (Å²) in [7, 11) is 0. The van der Waals surface area contributed by atoms with Gasteiger partial charge in [0.1, 0.15) is 5.82 Å². The van der Waals surface area contributed by atoms with Crippen LogP contribution >= 0.6 is 11.6 Å². The molecule has 1 N–H and O–H groups in total. The van der Waals surface area contributed by atoms with Crippen molar-refractivity contribution < 1.29 is 0 Å². The van der Waals surface area contributed by atoms with E-state index in [0.717, 1.165) is 44.1 Å². The Morgan fingerprint density at radius 2 is 1.57 bits per heavy atom. The van der Waals surface area contributed by atoms with Crippen LogP contribution < -0.4 is 5.32 Å². The van der Waals surface area contributed by atoms with E-state index in [4.69, 9.17) is 16.6 Å². The highest BCUT2D eigenvalue weighted by molar-refractivity contribution is 6.30. The van der Waals surface area contributed by atoms with Gasteiger partial charge in [-0.3, -0.25) is 4.98 Å². The Kier molecular flexibility index (Phi) is 5.01. The SMILES string of the molecule is Cc1cc(NC(C)C)nc2ccc(-c3ccc(-c4ccc(Cl)cc4)cn3)cc12. The first-order valence-electron chi connectivity index (χ1n) is 9.40. The number of nitrogens with one attached hydrogen (secondary N) is 1. The third kappa shape index (κ3) is 3.85. The van der Waals surface area contributed by atoms with Gasteiger partial charge in [-0.25, -0.2) is 4.98 Å². The van der Waals surface area contributed by atoms with Gasteiger partial charge >= 0.3 is 0 Å². The number of nitrogens with zero attached hydrogens (tertiary/aromatic N) is 2. The maximum Gasteiger partial charge on any atom is 0.127 e. The molecule has 0 radical (unpaired) electrons. The molecule has 3 nitrogen and oxygen atoms in total. The van der Waals surface area contributed by atoms with Crippen LogP contribution in [0.15, 0.2) is 66.9 Å². The van der Waals surface area contributed by atoms with Crippen LogP contribution in [0.2, 0.25) is 5.02 Å². The zero-order valence-corrected chi connectivity index (χ0v) is 17.0. The van der Waals surface area contributed by atoms with Gasteiger partial charge < -0.3 is 5.32 Å². The number of hydrogen-bond acceptors (Lipinski definition) is 3. The number of benzene rings is 2. The number of hydrogen-bond donors (Lipinski definition) is 1. The van der Waals surface area contributed by atoms with Crippen molar-refractivity contribution in [2.75, 3.05) is 5.32 Å². The minimum Gasteiger partial charge on any atom is -0.368 e. The molecule has 0 saturated carbocycles. The molecule has 0 bridgehead atoms. The van der Waals surface area contributed by atoms with E-state index in [0.29, 0.717) is 6.04 Å². The van der Waals surface area contributed by atoms with Crippen molar-refractivity contribution in [2.45, 2.75) is 26.8 Å². The summed E-state index contributed by atoms with van der Waals surface area (Å²) in [4.78, 5) is 9.40. The monoisotopic (exact) mass is 387 g/mol. The van der Waals surface area contributed by atoms with Crippen molar-refractivity contribution in [1.29, 1.82) is 0 Å². The average molecular weight is 388 g/mol. The molecule has 4 rings (SSSR count). The second-order valence-corrected chi connectivity index (χ2v) is 7.73. The van der Waals surface area contributed by atoms with Gasteiger partial charge in [0.05, 0.1) is 11.2 Å². The fourth-order valence-corrected chi connectivity index (χ4v) is 3.43. The molecule has 2 heterocycles. The molecule has 4 heteroatoms. The zero-order chi connectivity index (χ0) is 19.7. The molecule has 0 fully saturated rings. The van der Waals surface area contributed by atoms with Gasteiger partial charge in [0, 0.05) is 33.8 Å². The van der Waals surface area contributed by atoms with E-state index in [9.17, 15) is 0 Å². The van der Waals surface area contributed by atoms with Crippen molar-refractivity contribution in [3.8, 4) is 22.4 Å². The molecule has 0 atom stereocenters. The largest absolute Gasteiger partial charge is 0.368 e. The predicted octanol–water partition coefficient (Wildman–Crippen LogP) is 6.75. The first-order valence-corrected chi connectivity index (χ1v) is 9.78. The van der Waals surface area contributed by atoms with E-state index in [-0.39, 0.29) is 0 Å². The molecule has 140 valence electrons. The van der Waals surface area contributed by atoms with E-state index in [1.807, 2.05) is 30.5 Å². The molecular formula is C24H22ClN3. The normalized spacial score (nSPS) is 11.2. The molecule has 0 aliphatic heterocycles. The van der Waals surface area contributed by atoms with Crippen LogP contribution in [0.3, 0.4) is 0 Å². The molecule has 2 aromatic heterocycles. The first kappa shape index (κ1) is 18.5. The van der Waals surface area contributed by atoms with Crippen LogP contribution in [-0.2, 0) is 0 Å². The lowest BCUT2D eigenvalue weighted by Gasteiger charge is -2.12. The van der Waals surface area contributed by atoms with E-state index in [2.05, 4.69) is 67.5 Å². The minimum atomic E-state index is 0.354. The van der Waals surface area contributed by atoms with Crippen LogP contribution in [0, 0.1) is 6.92 Å². The average Bonchev–Trinajstić information content (AvgIpc) is 2.68. The number of fused-ring (bicyclic) bond motifs is 1. The smallest absolute Gasteiger partial charge is 0.127 e. The second-order valence-electron chi connectivity index (χ2n) is 7.29. The summed E-state index contributed by atoms with van der Waals surface area (Å²) in [6.07, 6.45) is 1.91. The number of anilines is 1. The summed E-state index contributed by atoms with van der Waals surface area (Å²) in [5.41, 5.74) is 6.40. The quantitative estimate of drug-likeness (QED) is 0.421. The van der Waals surface area contributed by atoms with Crippen LogP contribution in [-0.4, -0.2) is 16.0 Å². The Hall–Kier alpha value is -2.91. The van der Waals surface area contributed by atoms with Crippen LogP contribution in [0.5, 0.6) is 0 Å². The Bertz CT molecular complexity index is 1120. The lowest BCUT2D eigenvalue weighted by molar-refractivity contribution is 0.891. The predicted molar refractivity (Wildman–Crippen MR) is 119 cm³/mol. The molecule has 0 amide bonds. The summed E-state index contributed by atoms with van der Waals surface area (Å²) in [5, 5.41) is 5.26. The number of halogens is 1. The Labute approximate surface area is 170 Å². The van der Waals surface area contributed by atoms with Gasteiger partial charge in [-0.15, -0.1) is 0 Å². The summed E-state index contributed by atoms with van der Waals surface area (Å²) in [6.45, 7) is 6.35. The maximum atomic E-state index is 5.97. The zero-order valence-electron chi connectivity index (χ0n) is 16.2. The van der Waals surface area contributed by atoms with Gasteiger partial charge in [-0.05, 0) is 68.3 Å². The molecule has 2 aromatic carbocycles. The molecule has 0 saturated heterocycles. The molecule has 0 spiro atoms. The Morgan fingerprint density at radius 3 is 2.25 bits per heavy atom. The Morgan fingerprint density at radius 1 is 0.857 bits per heavy atom. The lowest BCUT2D eigenvalue weighted by Crippen LogP contribution is -2.11. The molecule has 0 aliphatic carbocycles. The third-order valence-electron chi connectivity index (χ3n) is 4.69. The fraction of sp³-hybridized carbons (Fsp3) is 0.167. The minimum absolute atomic E-state index is 0.354. The summed E-state index contributed by atoms with van der Waals surface area (Å²) < 4.78 is 0. The van der Waals surface area contributed by atoms with Crippen LogP contribution in [0.4, 0.5) is 5.82 Å². The lowest BCUT2D eigenvalue weighted by atomic mass is 10.0. The number of aryl methyl sites for hydroxylation is 1. The van der Waals surface area contributed by atoms with Crippen molar-refractivity contribution >= 4 is 28.3 Å². The summed E-state index contributed by atoms with van der Waals surface area (Å²) >= 11 is 5.97. The third-order valence-corrected chi connectivity index (χ3v) is 4.94. The maximum absolute atomic E-state index is 5.97. The van der Waals surface area contributed by atoms with E-state index in [1.165, 1.54) is 5.56 Å². The van der Waals surface area contributed by atoms with Crippen LogP contribution in [0.25, 0.3) is 33.3 Å². The second kappa shape index (κ2) is 7.61. The Balaban J connectivity index is 1.67. The summed E-state index contributed by atoms with van der Waals surface area (Å²) in [6, 6.07) is 20.7. The van der Waals surface area contributed by atoms with Gasteiger partial charge in [-0.2, -0.15) is 0 Å². The highest BCUT2D eigenvalue weighted by Crippen LogP contribution is 2.28. The van der Waals surface area contributed by atoms with E-state index < -0.39 is 0 Å². The van der Waals surface area contributed by atoms with Crippen molar-refractivity contribution in [3.05, 3.63) is 77.4 Å². The number of pyridine rings is 2. The van der Waals surface area contributed by atoms with E-state index in [1.54, 1.807) is 0 Å². The van der Waals surface area contributed by atoms with Crippen LogP contribution in [0.1, 0.15) is 19.4 Å². The number of aromatic nitrogens is 2. The highest BCUT2D eigenvalue weighted by atomic mass is 35.5. The van der Waals surface area contributed by atoms with Gasteiger partial charge in [-0.1, -0.05) is 35.9 Å². The molecule has 0 aliphatic rings. The first-order chi connectivity index (χ1) is 13.5. The van der Waals surface area contributed by atoms with Crippen molar-refractivity contribution in [1.82, 2.24) is 9.97 Å². The van der Waals surface area contributed by atoms with Gasteiger partial charge in [0.2, 0.25) is 0 Å². The van der Waals surface area contributed by atoms with Crippen molar-refractivity contribution in [3.63, 3.8) is 0 Å². The number of rotatable bonds is 4. The topological polar surface area (TPSA) is 37.8 Å². The summed E-state index contributed by atoms with van der Waals surface area (Å²) in [5.74, 6) is 0.915. The molecular weight excluding hydrogens is 366 g/mol. The molecule has 0 unspecified atom stereocenters. The van der Waals surface area contributed by atoms with E-state index >= 15 is 0 Å². The standard InChI is InChI=1S/C24H22ClN3/c1-15(2)27-24-12-16(3)21-13-18(6-11-23(21)28-24)22-10-7-19(14-26-22)17-4-8-20(25)9-5-17/h4-15H,1-3H3,(H,27,28). The van der Waals surface area contributed by atoms with Crippen molar-refractivity contribution in [2.24, 2.45) is 0 Å².